The summed E-state index contributed by atoms with van der Waals surface area (Å²) in [5.74, 6) is 2.16. The Hall–Kier alpha value is -2.28. The Bertz CT molecular complexity index is 874. The number of hydrogen-bond donors (Lipinski definition) is 2. The Morgan fingerprint density at radius 1 is 1.40 bits per heavy atom. The molecule has 0 amide bonds. The number of anilines is 1. The number of thioether (sulfide) groups is 1. The number of benzene rings is 1. The standard InChI is InChI=1S/C18H20N4O2S/c1-3-25-18-20-17-19-13-7-10(2)8-14(24)15(13)16(22(17)21-18)11-5-4-6-12(23)9-11/h4-6,9-10,16,23H,3,7-8H2,1-2H3,(H,19,20,21)/t10-,16+/m0/s1. The van der Waals surface area contributed by atoms with Gasteiger partial charge in [0.2, 0.25) is 11.1 Å². The zero-order valence-corrected chi connectivity index (χ0v) is 15.0. The first-order valence-electron chi connectivity index (χ1n) is 8.48. The lowest BCUT2D eigenvalue weighted by molar-refractivity contribution is -0.117. The van der Waals surface area contributed by atoms with Crippen LogP contribution in [0.5, 0.6) is 5.75 Å². The maximum absolute atomic E-state index is 12.8. The molecule has 0 spiro atoms. The lowest BCUT2D eigenvalue weighted by atomic mass is 9.81. The predicted octanol–water partition coefficient (Wildman–Crippen LogP) is 3.36. The van der Waals surface area contributed by atoms with Crippen LogP contribution in [-0.2, 0) is 4.79 Å². The van der Waals surface area contributed by atoms with Crippen LogP contribution in [0.3, 0.4) is 0 Å². The highest BCUT2D eigenvalue weighted by atomic mass is 32.2. The van der Waals surface area contributed by atoms with E-state index in [0.717, 1.165) is 29.0 Å². The maximum Gasteiger partial charge on any atom is 0.227 e. The van der Waals surface area contributed by atoms with Gasteiger partial charge in [-0.1, -0.05) is 37.7 Å². The normalized spacial score (nSPS) is 22.4. The molecule has 1 aliphatic heterocycles. The molecule has 0 radical (unpaired) electrons. The van der Waals surface area contributed by atoms with Crippen molar-refractivity contribution in [3.05, 3.63) is 41.1 Å². The summed E-state index contributed by atoms with van der Waals surface area (Å²) >= 11 is 1.57. The van der Waals surface area contributed by atoms with E-state index in [2.05, 4.69) is 29.2 Å². The summed E-state index contributed by atoms with van der Waals surface area (Å²) in [6.07, 6.45) is 1.36. The summed E-state index contributed by atoms with van der Waals surface area (Å²) in [5, 5.41) is 18.5. The Kier molecular flexibility index (Phi) is 4.03. The van der Waals surface area contributed by atoms with Gasteiger partial charge in [-0.2, -0.15) is 4.98 Å². The van der Waals surface area contributed by atoms with E-state index in [1.807, 2.05) is 6.07 Å². The second-order valence-electron chi connectivity index (χ2n) is 6.55. The Balaban J connectivity index is 1.88. The van der Waals surface area contributed by atoms with Gasteiger partial charge in [0, 0.05) is 17.7 Å². The van der Waals surface area contributed by atoms with Crippen molar-refractivity contribution in [2.75, 3.05) is 11.1 Å². The second-order valence-corrected chi connectivity index (χ2v) is 7.78. The second kappa shape index (κ2) is 6.22. The highest BCUT2D eigenvalue weighted by molar-refractivity contribution is 7.99. The molecule has 1 aromatic carbocycles. The van der Waals surface area contributed by atoms with Gasteiger partial charge < -0.3 is 10.4 Å². The predicted molar refractivity (Wildman–Crippen MR) is 96.7 cm³/mol. The van der Waals surface area contributed by atoms with E-state index in [9.17, 15) is 9.90 Å². The quantitative estimate of drug-likeness (QED) is 0.821. The molecule has 130 valence electrons. The van der Waals surface area contributed by atoms with Crippen molar-refractivity contribution >= 4 is 23.5 Å². The monoisotopic (exact) mass is 356 g/mol. The number of rotatable bonds is 3. The van der Waals surface area contributed by atoms with Crippen molar-refractivity contribution in [1.29, 1.82) is 0 Å². The molecule has 25 heavy (non-hydrogen) atoms. The van der Waals surface area contributed by atoms with Gasteiger partial charge in [0.25, 0.3) is 0 Å². The van der Waals surface area contributed by atoms with Gasteiger partial charge in [-0.15, -0.1) is 5.10 Å². The van der Waals surface area contributed by atoms with Gasteiger partial charge in [0.1, 0.15) is 11.8 Å². The number of aromatic nitrogens is 3. The number of carbonyl (C=O) groups excluding carboxylic acids is 1. The molecule has 6 nitrogen and oxygen atoms in total. The van der Waals surface area contributed by atoms with E-state index in [4.69, 9.17) is 0 Å². The number of allylic oxidation sites excluding steroid dienone is 2. The number of aromatic hydroxyl groups is 1. The molecule has 4 rings (SSSR count). The summed E-state index contributed by atoms with van der Waals surface area (Å²) < 4.78 is 1.78. The van der Waals surface area contributed by atoms with Crippen LogP contribution in [0.25, 0.3) is 0 Å². The highest BCUT2D eigenvalue weighted by Crippen LogP contribution is 2.42. The van der Waals surface area contributed by atoms with Crippen LogP contribution in [0, 0.1) is 5.92 Å². The first-order valence-corrected chi connectivity index (χ1v) is 9.47. The number of nitrogens with zero attached hydrogens (tertiary/aromatic N) is 3. The number of nitrogens with one attached hydrogen (secondary N) is 1. The SMILES string of the molecule is CCSc1nc2n(n1)[C@H](c1cccc(O)c1)C1=C(C[C@H](C)CC1=O)N2. The summed E-state index contributed by atoms with van der Waals surface area (Å²) in [4.78, 5) is 17.4. The highest BCUT2D eigenvalue weighted by Gasteiger charge is 2.38. The lowest BCUT2D eigenvalue weighted by Crippen LogP contribution is -2.33. The fraction of sp³-hybridized carbons (Fsp3) is 0.389. The Labute approximate surface area is 150 Å². The molecule has 2 aromatic rings. The molecule has 1 aromatic heterocycles. The molecule has 2 heterocycles. The van der Waals surface area contributed by atoms with Crippen molar-refractivity contribution < 1.29 is 9.90 Å². The molecule has 2 atom stereocenters. The van der Waals surface area contributed by atoms with Crippen molar-refractivity contribution in [1.82, 2.24) is 14.8 Å². The third-order valence-electron chi connectivity index (χ3n) is 4.56. The first kappa shape index (κ1) is 16.2. The fourth-order valence-corrected chi connectivity index (χ4v) is 4.14. The maximum atomic E-state index is 12.8. The summed E-state index contributed by atoms with van der Waals surface area (Å²) in [6.45, 7) is 4.14. The fourth-order valence-electron chi connectivity index (χ4n) is 3.58. The largest absolute Gasteiger partial charge is 0.508 e. The molecule has 0 saturated carbocycles. The van der Waals surface area contributed by atoms with E-state index < -0.39 is 0 Å². The molecular formula is C18H20N4O2S. The van der Waals surface area contributed by atoms with Gasteiger partial charge in [-0.3, -0.25) is 4.79 Å². The third kappa shape index (κ3) is 2.82. The van der Waals surface area contributed by atoms with Gasteiger partial charge in [-0.25, -0.2) is 4.68 Å². The van der Waals surface area contributed by atoms with Crippen LogP contribution in [0.1, 0.15) is 38.3 Å². The third-order valence-corrected chi connectivity index (χ3v) is 5.28. The minimum absolute atomic E-state index is 0.139. The van der Waals surface area contributed by atoms with Gasteiger partial charge in [-0.05, 0) is 35.8 Å². The topological polar surface area (TPSA) is 80.0 Å². The molecule has 0 fully saturated rings. The lowest BCUT2D eigenvalue weighted by Gasteiger charge is -2.34. The first-order chi connectivity index (χ1) is 12.1. The molecule has 1 aliphatic carbocycles. The number of ketones is 1. The summed E-state index contributed by atoms with van der Waals surface area (Å²) in [6, 6.07) is 6.69. The van der Waals surface area contributed by atoms with Crippen molar-refractivity contribution in [2.24, 2.45) is 5.92 Å². The van der Waals surface area contributed by atoms with E-state index in [-0.39, 0.29) is 17.6 Å². The van der Waals surface area contributed by atoms with Crippen LogP contribution in [0.2, 0.25) is 0 Å². The van der Waals surface area contributed by atoms with Crippen molar-refractivity contribution in [2.45, 2.75) is 37.9 Å². The number of fused-ring (bicyclic) bond motifs is 1. The van der Waals surface area contributed by atoms with Crippen LogP contribution in [0.15, 0.2) is 40.7 Å². The number of Topliss-reactive ketones (excluding diaryl/α,β-unsaturated/α-hetero) is 1. The average Bonchev–Trinajstić information content (AvgIpc) is 2.95. The van der Waals surface area contributed by atoms with E-state index in [1.54, 1.807) is 34.6 Å². The van der Waals surface area contributed by atoms with Crippen LogP contribution in [0.4, 0.5) is 5.95 Å². The van der Waals surface area contributed by atoms with Gasteiger partial charge >= 0.3 is 0 Å². The zero-order valence-electron chi connectivity index (χ0n) is 14.2. The molecule has 2 aliphatic rings. The molecule has 2 N–H and O–H groups in total. The zero-order chi connectivity index (χ0) is 17.6. The molecular weight excluding hydrogens is 336 g/mol. The summed E-state index contributed by atoms with van der Waals surface area (Å²) in [5.41, 5.74) is 2.52. The van der Waals surface area contributed by atoms with Crippen LogP contribution in [-0.4, -0.2) is 31.4 Å². The minimum atomic E-state index is -0.350. The number of hydrogen-bond acceptors (Lipinski definition) is 6. The van der Waals surface area contributed by atoms with Gasteiger partial charge in [0.05, 0.1) is 0 Å². The number of carbonyl (C=O) groups is 1. The van der Waals surface area contributed by atoms with E-state index >= 15 is 0 Å². The number of phenols is 1. The van der Waals surface area contributed by atoms with Crippen molar-refractivity contribution in [3.8, 4) is 5.75 Å². The van der Waals surface area contributed by atoms with E-state index in [1.165, 1.54) is 0 Å². The minimum Gasteiger partial charge on any atom is -0.508 e. The summed E-state index contributed by atoms with van der Waals surface area (Å²) in [7, 11) is 0. The van der Waals surface area contributed by atoms with Crippen molar-refractivity contribution in [3.63, 3.8) is 0 Å². The molecule has 0 unspecified atom stereocenters. The Morgan fingerprint density at radius 3 is 3.00 bits per heavy atom. The smallest absolute Gasteiger partial charge is 0.227 e. The molecule has 7 heteroatoms. The number of phenolic OH excluding ortho intramolecular Hbond substituents is 1. The van der Waals surface area contributed by atoms with Gasteiger partial charge in [0.15, 0.2) is 5.78 Å². The molecule has 0 saturated heterocycles. The molecule has 0 bridgehead atoms. The van der Waals surface area contributed by atoms with Crippen LogP contribution >= 0.6 is 11.8 Å². The van der Waals surface area contributed by atoms with Crippen LogP contribution < -0.4 is 5.32 Å². The average molecular weight is 356 g/mol. The van der Waals surface area contributed by atoms with E-state index in [0.29, 0.717) is 23.4 Å². The Morgan fingerprint density at radius 2 is 2.24 bits per heavy atom.